The lowest BCUT2D eigenvalue weighted by Gasteiger charge is -2.48. The maximum atomic E-state index is 12.4. The molecule has 0 aromatic carbocycles. The normalized spacial score (nSPS) is 24.6. The van der Waals surface area contributed by atoms with Gasteiger partial charge in [0, 0.05) is 18.2 Å². The van der Waals surface area contributed by atoms with Gasteiger partial charge in [-0.3, -0.25) is 14.5 Å². The second-order valence-corrected chi connectivity index (χ2v) is 7.27. The van der Waals surface area contributed by atoms with E-state index in [1.165, 1.54) is 23.6 Å². The minimum Gasteiger partial charge on any atom is -0.461 e. The van der Waals surface area contributed by atoms with E-state index in [4.69, 9.17) is 15.2 Å². The van der Waals surface area contributed by atoms with Crippen molar-refractivity contribution in [3.63, 3.8) is 0 Å². The third kappa shape index (κ3) is 3.27. The average Bonchev–Trinajstić information content (AvgIpc) is 2.41. The molecule has 0 aliphatic carbocycles. The predicted octanol–water partition coefficient (Wildman–Crippen LogP) is 0.388. The molecule has 0 aromatic rings. The molecule has 1 fully saturated rings. The Morgan fingerprint density at radius 1 is 1.41 bits per heavy atom. The predicted molar refractivity (Wildman–Crippen MR) is 80.6 cm³/mol. The van der Waals surface area contributed by atoms with Gasteiger partial charge in [-0.25, -0.2) is 4.79 Å². The van der Waals surface area contributed by atoms with Crippen LogP contribution in [0.2, 0.25) is 0 Å². The number of amides is 1. The van der Waals surface area contributed by atoms with Gasteiger partial charge in [-0.15, -0.1) is 11.8 Å². The topological polar surface area (TPSA) is 98.9 Å². The summed E-state index contributed by atoms with van der Waals surface area (Å²) < 4.78 is 10.3. The minimum absolute atomic E-state index is 0.0390. The Kier molecular flexibility index (Phi) is 4.53. The number of hydrogen-bond donors (Lipinski definition) is 1. The van der Waals surface area contributed by atoms with E-state index >= 15 is 0 Å². The van der Waals surface area contributed by atoms with Crippen LogP contribution in [0.15, 0.2) is 11.3 Å². The Labute approximate surface area is 133 Å². The zero-order valence-electron chi connectivity index (χ0n) is 13.0. The van der Waals surface area contributed by atoms with E-state index in [0.717, 1.165) is 0 Å². The molecule has 7 nitrogen and oxygen atoms in total. The number of ether oxygens (including phenoxy) is 2. The van der Waals surface area contributed by atoms with Crippen molar-refractivity contribution in [1.29, 1.82) is 0 Å². The molecule has 2 aliphatic rings. The van der Waals surface area contributed by atoms with Crippen molar-refractivity contribution < 1.29 is 23.9 Å². The maximum absolute atomic E-state index is 12.4. The fraction of sp³-hybridized carbons (Fsp3) is 0.643. The molecule has 122 valence electrons. The van der Waals surface area contributed by atoms with Gasteiger partial charge in [-0.05, 0) is 20.8 Å². The van der Waals surface area contributed by atoms with Crippen molar-refractivity contribution in [2.45, 2.75) is 44.7 Å². The SMILES string of the molecule is CC(=O)OCC1=C(C(=O)OC(C)(C)C)N2C(=O)[C@H](N)[C@@H]2SC1. The fourth-order valence-corrected chi connectivity index (χ4v) is 3.47. The van der Waals surface area contributed by atoms with Gasteiger partial charge in [-0.2, -0.15) is 0 Å². The molecular weight excluding hydrogens is 308 g/mol. The van der Waals surface area contributed by atoms with Crippen LogP contribution < -0.4 is 5.73 Å². The van der Waals surface area contributed by atoms with Crippen LogP contribution >= 0.6 is 11.8 Å². The quantitative estimate of drug-likeness (QED) is 0.591. The molecule has 0 radical (unpaired) electrons. The number of fused-ring (bicyclic) bond motifs is 1. The van der Waals surface area contributed by atoms with Crippen LogP contribution in [-0.2, 0) is 23.9 Å². The maximum Gasteiger partial charge on any atom is 0.355 e. The van der Waals surface area contributed by atoms with E-state index in [-0.39, 0.29) is 23.6 Å². The van der Waals surface area contributed by atoms with Gasteiger partial charge in [0.25, 0.3) is 0 Å². The number of carbonyl (C=O) groups is 3. The van der Waals surface area contributed by atoms with Crippen molar-refractivity contribution >= 4 is 29.6 Å². The largest absolute Gasteiger partial charge is 0.461 e. The summed E-state index contributed by atoms with van der Waals surface area (Å²) in [7, 11) is 0. The molecule has 0 aromatic heterocycles. The van der Waals surface area contributed by atoms with E-state index in [1.807, 2.05) is 0 Å². The first-order valence-electron chi connectivity index (χ1n) is 6.91. The van der Waals surface area contributed by atoms with Gasteiger partial charge in [0.2, 0.25) is 5.91 Å². The van der Waals surface area contributed by atoms with Crippen LogP contribution in [-0.4, -0.2) is 52.1 Å². The molecule has 0 spiro atoms. The molecule has 8 heteroatoms. The van der Waals surface area contributed by atoms with Gasteiger partial charge >= 0.3 is 11.9 Å². The number of β-lactam (4-membered cyclic amide) rings is 1. The van der Waals surface area contributed by atoms with Crippen LogP contribution in [0.3, 0.4) is 0 Å². The summed E-state index contributed by atoms with van der Waals surface area (Å²) in [6, 6.07) is -0.613. The molecular formula is C14H20N2O5S. The second-order valence-electron chi connectivity index (χ2n) is 6.17. The van der Waals surface area contributed by atoms with Crippen molar-refractivity contribution in [3.8, 4) is 0 Å². The van der Waals surface area contributed by atoms with E-state index in [9.17, 15) is 14.4 Å². The molecule has 2 rings (SSSR count). The Morgan fingerprint density at radius 2 is 2.05 bits per heavy atom. The number of nitrogens with two attached hydrogens (primary N) is 1. The van der Waals surface area contributed by atoms with Gasteiger partial charge in [0.15, 0.2) is 0 Å². The minimum atomic E-state index is -0.688. The molecule has 1 amide bonds. The summed E-state index contributed by atoms with van der Waals surface area (Å²) in [5.41, 5.74) is 5.79. The Balaban J connectivity index is 2.30. The highest BCUT2D eigenvalue weighted by Gasteiger charge is 2.52. The van der Waals surface area contributed by atoms with E-state index in [1.54, 1.807) is 20.8 Å². The lowest BCUT2D eigenvalue weighted by molar-refractivity contribution is -0.158. The number of thioether (sulfide) groups is 1. The molecule has 0 saturated carbocycles. The highest BCUT2D eigenvalue weighted by molar-refractivity contribution is 8.00. The van der Waals surface area contributed by atoms with Crippen molar-refractivity contribution in [2.24, 2.45) is 5.73 Å². The molecule has 22 heavy (non-hydrogen) atoms. The monoisotopic (exact) mass is 328 g/mol. The molecule has 1 saturated heterocycles. The second kappa shape index (κ2) is 5.92. The van der Waals surface area contributed by atoms with Gasteiger partial charge in [0.05, 0.1) is 0 Å². The highest BCUT2D eigenvalue weighted by Crippen LogP contribution is 2.40. The summed E-state index contributed by atoms with van der Waals surface area (Å²) in [6.07, 6.45) is 0. The summed E-state index contributed by atoms with van der Waals surface area (Å²) in [5.74, 6) is -0.905. The smallest absolute Gasteiger partial charge is 0.355 e. The van der Waals surface area contributed by atoms with Gasteiger partial charge < -0.3 is 15.2 Å². The first-order valence-corrected chi connectivity index (χ1v) is 7.95. The summed E-state index contributed by atoms with van der Waals surface area (Å²) in [5, 5.41) is -0.268. The molecule has 2 N–H and O–H groups in total. The lowest BCUT2D eigenvalue weighted by Crippen LogP contribution is -2.68. The summed E-state index contributed by atoms with van der Waals surface area (Å²) in [6.45, 7) is 6.49. The number of esters is 2. The first kappa shape index (κ1) is 16.8. The summed E-state index contributed by atoms with van der Waals surface area (Å²) >= 11 is 1.45. The molecule has 0 unspecified atom stereocenters. The van der Waals surface area contributed by atoms with E-state index in [0.29, 0.717) is 11.3 Å². The van der Waals surface area contributed by atoms with Crippen LogP contribution in [0.25, 0.3) is 0 Å². The number of nitrogens with zero attached hydrogens (tertiary/aromatic N) is 1. The standard InChI is InChI=1S/C14H20N2O5S/c1-7(17)20-5-8-6-22-12-9(15)11(18)16(12)10(8)13(19)21-14(2,3)4/h9,12H,5-6,15H2,1-4H3/t9-,12-/m0/s1. The number of rotatable bonds is 3. The van der Waals surface area contributed by atoms with Gasteiger partial charge in [-0.1, -0.05) is 0 Å². The lowest BCUT2D eigenvalue weighted by atomic mass is 10.0. The number of hydrogen-bond acceptors (Lipinski definition) is 7. The zero-order valence-corrected chi connectivity index (χ0v) is 13.9. The fourth-order valence-electron chi connectivity index (χ4n) is 2.19. The van der Waals surface area contributed by atoms with Gasteiger partial charge in [0.1, 0.15) is 29.3 Å². The third-order valence-corrected chi connectivity index (χ3v) is 4.49. The Hall–Kier alpha value is -1.54. The van der Waals surface area contributed by atoms with Crippen LogP contribution in [0.5, 0.6) is 0 Å². The third-order valence-electron chi connectivity index (χ3n) is 3.13. The average molecular weight is 328 g/mol. The Morgan fingerprint density at radius 3 is 2.59 bits per heavy atom. The van der Waals surface area contributed by atoms with Crippen LogP contribution in [0.4, 0.5) is 0 Å². The summed E-state index contributed by atoms with van der Waals surface area (Å²) in [4.78, 5) is 36.8. The molecule has 2 heterocycles. The van der Waals surface area contributed by atoms with E-state index in [2.05, 4.69) is 0 Å². The molecule has 2 atom stereocenters. The Bertz CT molecular complexity index is 552. The molecule has 2 aliphatic heterocycles. The van der Waals surface area contributed by atoms with Crippen LogP contribution in [0.1, 0.15) is 27.7 Å². The number of carbonyl (C=O) groups excluding carboxylic acids is 3. The van der Waals surface area contributed by atoms with Crippen molar-refractivity contribution in [1.82, 2.24) is 4.90 Å². The van der Waals surface area contributed by atoms with Crippen molar-refractivity contribution in [2.75, 3.05) is 12.4 Å². The molecule has 0 bridgehead atoms. The van der Waals surface area contributed by atoms with Crippen LogP contribution in [0, 0.1) is 0 Å². The van der Waals surface area contributed by atoms with Crippen molar-refractivity contribution in [3.05, 3.63) is 11.3 Å². The first-order chi connectivity index (χ1) is 10.1. The highest BCUT2D eigenvalue weighted by atomic mass is 32.2. The zero-order chi connectivity index (χ0) is 16.7. The van der Waals surface area contributed by atoms with E-state index < -0.39 is 23.6 Å².